The summed E-state index contributed by atoms with van der Waals surface area (Å²) < 4.78 is 10.1. The van der Waals surface area contributed by atoms with Gasteiger partial charge in [-0.3, -0.25) is 4.79 Å². The number of aliphatic hydroxyl groups excluding tert-OH is 1. The average molecular weight is 224 g/mol. The molecule has 0 saturated carbocycles. The number of aliphatic carboxylic acids is 1. The fourth-order valence-corrected chi connectivity index (χ4v) is 0.975. The minimum absolute atomic E-state index is 0. The molecule has 0 aromatic rings. The summed E-state index contributed by atoms with van der Waals surface area (Å²) in [5, 5.41) is 17.9. The van der Waals surface area contributed by atoms with Crippen LogP contribution in [0.25, 0.3) is 0 Å². The molecule has 0 saturated heterocycles. The van der Waals surface area contributed by atoms with E-state index in [1.807, 2.05) is 0 Å². The van der Waals surface area contributed by atoms with Gasteiger partial charge in [0.25, 0.3) is 0 Å². The van der Waals surface area contributed by atoms with Crippen LogP contribution in [0.1, 0.15) is 0 Å². The van der Waals surface area contributed by atoms with Gasteiger partial charge in [-0.1, -0.05) is 0 Å². The Morgan fingerprint density at radius 1 is 1.50 bits per heavy atom. The molecule has 7 nitrogen and oxygen atoms in total. The zero-order chi connectivity index (χ0) is 9.07. The Hall–Kier alpha value is 1.18. The van der Waals surface area contributed by atoms with Gasteiger partial charge in [-0.15, -0.1) is 0 Å². The second kappa shape index (κ2) is 6.60. The number of rotatable bonds is 4. The topological polar surface area (TPSA) is 127 Å². The molecule has 0 heterocycles. The number of hydrogen-bond acceptors (Lipinski definition) is 3. The normalized spacial score (nSPS) is 13.2. The van der Waals surface area contributed by atoms with Gasteiger partial charge < -0.3 is 20.0 Å². The van der Waals surface area contributed by atoms with Crippen molar-refractivity contribution in [2.45, 2.75) is 6.04 Å². The Labute approximate surface area is 111 Å². The third-order valence-electron chi connectivity index (χ3n) is 0.805. The van der Waals surface area contributed by atoms with E-state index in [4.69, 9.17) is 20.0 Å². The van der Waals surface area contributed by atoms with Crippen molar-refractivity contribution in [3.63, 3.8) is 0 Å². The molecule has 0 unspecified atom stereocenters. The van der Waals surface area contributed by atoms with Gasteiger partial charge in [0.2, 0.25) is 0 Å². The maximum Gasteiger partial charge on any atom is 0.401 e. The second-order valence-corrected chi connectivity index (χ2v) is 3.09. The first-order valence-corrected chi connectivity index (χ1v) is 4.15. The van der Waals surface area contributed by atoms with E-state index in [9.17, 15) is 9.36 Å². The van der Waals surface area contributed by atoms with Crippen molar-refractivity contribution in [3.05, 3.63) is 0 Å². The van der Waals surface area contributed by atoms with E-state index >= 15 is 0 Å². The van der Waals surface area contributed by atoms with Crippen molar-refractivity contribution in [1.29, 1.82) is 0 Å². The van der Waals surface area contributed by atoms with Crippen LogP contribution < -0.4 is 5.09 Å². The number of nitrogens with one attached hydrogen (secondary N) is 1. The molecule has 67 valence electrons. The minimum Gasteiger partial charge on any atom is -0.480 e. The van der Waals surface area contributed by atoms with Gasteiger partial charge in [-0.25, -0.2) is 9.65 Å². The molecule has 0 aliphatic rings. The van der Waals surface area contributed by atoms with Gasteiger partial charge in [-0.2, -0.15) is 0 Å². The number of carboxylic acids is 1. The molecule has 0 amide bonds. The maximum absolute atomic E-state index is 10.1. The van der Waals surface area contributed by atoms with Crippen molar-refractivity contribution in [1.82, 2.24) is 5.09 Å². The summed E-state index contributed by atoms with van der Waals surface area (Å²) in [6, 6.07) is -1.63. The van der Waals surface area contributed by atoms with E-state index in [-0.39, 0.29) is 51.4 Å². The van der Waals surface area contributed by atoms with Crippen molar-refractivity contribution < 1.29 is 29.4 Å². The third-order valence-corrected chi connectivity index (χ3v) is 1.45. The average Bonchev–Trinajstić information content (AvgIpc) is 1.80. The Kier molecular flexibility index (Phi) is 8.61. The molecule has 0 bridgehead atoms. The SMILES string of the molecule is O=C(O)[C@H](CO)NP(=O)(O)O.[K]. The molecule has 0 aliphatic carbocycles. The van der Waals surface area contributed by atoms with E-state index in [0.29, 0.717) is 0 Å². The standard InChI is InChI=1S/C3H8NO6P.K/c5-1-2(3(6)7)4-11(8,9)10;/h2,5H,1H2,(H,6,7)(H3,4,8,9,10);/t2-;/m0./s1. The second-order valence-electron chi connectivity index (χ2n) is 1.75. The number of carboxylic acid groups (broad SMARTS) is 1. The van der Waals surface area contributed by atoms with E-state index < -0.39 is 26.4 Å². The largest absolute Gasteiger partial charge is 0.480 e. The van der Waals surface area contributed by atoms with Crippen molar-refractivity contribution in [2.24, 2.45) is 0 Å². The van der Waals surface area contributed by atoms with Crippen LogP contribution in [0.2, 0.25) is 0 Å². The Balaban J connectivity index is 0. The summed E-state index contributed by atoms with van der Waals surface area (Å²) in [6.07, 6.45) is 0. The fraction of sp³-hybridized carbons (Fsp3) is 0.667. The molecule has 0 spiro atoms. The van der Waals surface area contributed by atoms with Crippen LogP contribution in [-0.4, -0.2) is 90.0 Å². The molecular formula is C3H8KNO6P. The van der Waals surface area contributed by atoms with E-state index in [2.05, 4.69) is 0 Å². The molecule has 0 aliphatic heterocycles. The Morgan fingerprint density at radius 3 is 2.00 bits per heavy atom. The van der Waals surface area contributed by atoms with Crippen LogP contribution in [0.15, 0.2) is 0 Å². The zero-order valence-electron chi connectivity index (χ0n) is 6.34. The zero-order valence-corrected chi connectivity index (χ0v) is 10.4. The number of aliphatic hydroxyl groups is 1. The van der Waals surface area contributed by atoms with Crippen LogP contribution in [0.3, 0.4) is 0 Å². The number of hydrogen-bond donors (Lipinski definition) is 5. The van der Waals surface area contributed by atoms with Gasteiger partial charge in [-0.05, 0) is 0 Å². The summed E-state index contributed by atoms with van der Waals surface area (Å²) in [5.74, 6) is -1.52. The molecular weight excluding hydrogens is 216 g/mol. The van der Waals surface area contributed by atoms with E-state index in [1.165, 1.54) is 5.09 Å². The van der Waals surface area contributed by atoms with Gasteiger partial charge in [0.05, 0.1) is 6.61 Å². The monoisotopic (exact) mass is 224 g/mol. The summed E-state index contributed by atoms with van der Waals surface area (Å²) in [4.78, 5) is 26.4. The summed E-state index contributed by atoms with van der Waals surface area (Å²) in [7, 11) is -4.58. The van der Waals surface area contributed by atoms with Crippen LogP contribution in [0.5, 0.6) is 0 Å². The van der Waals surface area contributed by atoms with Gasteiger partial charge >= 0.3 is 13.7 Å². The molecule has 12 heavy (non-hydrogen) atoms. The molecule has 5 N–H and O–H groups in total. The summed E-state index contributed by atoms with van der Waals surface area (Å²) in [6.45, 7) is -0.875. The summed E-state index contributed by atoms with van der Waals surface area (Å²) in [5.41, 5.74) is 0. The van der Waals surface area contributed by atoms with Crippen molar-refractivity contribution in [3.8, 4) is 0 Å². The molecule has 0 fully saturated rings. The van der Waals surface area contributed by atoms with Crippen molar-refractivity contribution in [2.75, 3.05) is 6.61 Å². The first-order chi connectivity index (χ1) is 4.87. The fourth-order valence-electron chi connectivity index (χ4n) is 0.377. The Morgan fingerprint density at radius 2 is 1.92 bits per heavy atom. The summed E-state index contributed by atoms with van der Waals surface area (Å²) >= 11 is 0. The van der Waals surface area contributed by atoms with E-state index in [0.717, 1.165) is 0 Å². The number of carbonyl (C=O) groups is 1. The van der Waals surface area contributed by atoms with Crippen LogP contribution in [0.4, 0.5) is 0 Å². The van der Waals surface area contributed by atoms with Crippen LogP contribution in [0, 0.1) is 0 Å². The first kappa shape index (κ1) is 15.6. The van der Waals surface area contributed by atoms with Crippen LogP contribution >= 0.6 is 7.75 Å². The smallest absolute Gasteiger partial charge is 0.401 e. The van der Waals surface area contributed by atoms with Gasteiger partial charge in [0.1, 0.15) is 6.04 Å². The molecule has 0 aromatic carbocycles. The minimum atomic E-state index is -4.58. The van der Waals surface area contributed by atoms with Crippen molar-refractivity contribution >= 4 is 65.1 Å². The maximum atomic E-state index is 10.1. The quantitative estimate of drug-likeness (QED) is 0.269. The molecule has 1 radical (unpaired) electrons. The Bertz CT molecular complexity index is 191. The third kappa shape index (κ3) is 7.81. The molecule has 1 atom stereocenters. The molecule has 0 rings (SSSR count). The van der Waals surface area contributed by atoms with E-state index in [1.54, 1.807) is 0 Å². The first-order valence-electron chi connectivity index (χ1n) is 2.54. The molecule has 9 heteroatoms. The van der Waals surface area contributed by atoms with Gasteiger partial charge in [0, 0.05) is 51.4 Å². The molecule has 0 aromatic heterocycles. The van der Waals surface area contributed by atoms with Gasteiger partial charge in [0.15, 0.2) is 0 Å². The predicted molar refractivity (Wildman–Crippen MR) is 39.4 cm³/mol. The predicted octanol–water partition coefficient (Wildman–Crippen LogP) is -2.27. The van der Waals surface area contributed by atoms with Crippen LogP contribution in [-0.2, 0) is 9.36 Å².